The van der Waals surface area contributed by atoms with Gasteiger partial charge in [-0.3, -0.25) is 10.1 Å². The van der Waals surface area contributed by atoms with Gasteiger partial charge in [-0.1, -0.05) is 0 Å². The molecule has 0 aromatic carbocycles. The number of nitrogens with zero attached hydrogens (tertiary/aromatic N) is 3. The highest BCUT2D eigenvalue weighted by Gasteiger charge is 2.06. The first-order valence-corrected chi connectivity index (χ1v) is 4.11. The van der Waals surface area contributed by atoms with Crippen molar-refractivity contribution in [1.29, 1.82) is 0 Å². The van der Waals surface area contributed by atoms with Crippen LogP contribution in [0.25, 0.3) is 0 Å². The SMILES string of the molecule is CNC(=O)Cn1ncc(NC(=O)OC)n1. The van der Waals surface area contributed by atoms with Gasteiger partial charge in [0.05, 0.1) is 13.3 Å². The van der Waals surface area contributed by atoms with Crippen LogP contribution in [0.1, 0.15) is 0 Å². The van der Waals surface area contributed by atoms with Crippen molar-refractivity contribution in [1.82, 2.24) is 20.3 Å². The molecule has 0 atom stereocenters. The number of aromatic nitrogens is 3. The maximum absolute atomic E-state index is 10.9. The van der Waals surface area contributed by atoms with Crippen LogP contribution in [-0.4, -0.2) is 41.2 Å². The second kappa shape index (κ2) is 4.94. The summed E-state index contributed by atoms with van der Waals surface area (Å²) >= 11 is 0. The van der Waals surface area contributed by atoms with Crippen LogP contribution in [0.4, 0.5) is 10.6 Å². The Morgan fingerprint density at radius 2 is 2.33 bits per heavy atom. The lowest BCUT2D eigenvalue weighted by Crippen LogP contribution is -2.24. The Hall–Kier alpha value is -2.12. The number of methoxy groups -OCH3 is 1. The van der Waals surface area contributed by atoms with Crippen LogP contribution in [0.3, 0.4) is 0 Å². The van der Waals surface area contributed by atoms with Gasteiger partial charge in [0, 0.05) is 7.05 Å². The molecule has 1 rings (SSSR count). The van der Waals surface area contributed by atoms with Crippen molar-refractivity contribution in [2.24, 2.45) is 0 Å². The topological polar surface area (TPSA) is 98.1 Å². The Kier molecular flexibility index (Phi) is 3.61. The van der Waals surface area contributed by atoms with Crippen molar-refractivity contribution < 1.29 is 14.3 Å². The van der Waals surface area contributed by atoms with Crippen molar-refractivity contribution in [3.63, 3.8) is 0 Å². The molecule has 1 aromatic rings. The van der Waals surface area contributed by atoms with Crippen LogP contribution >= 0.6 is 0 Å². The smallest absolute Gasteiger partial charge is 0.412 e. The molecule has 0 unspecified atom stereocenters. The van der Waals surface area contributed by atoms with Crippen LogP contribution in [0, 0.1) is 0 Å². The number of carbonyl (C=O) groups excluding carboxylic acids is 2. The largest absolute Gasteiger partial charge is 0.453 e. The molecule has 0 bridgehead atoms. The first kappa shape index (κ1) is 11.0. The number of hydrogen-bond acceptors (Lipinski definition) is 5. The fraction of sp³-hybridized carbons (Fsp3) is 0.429. The summed E-state index contributed by atoms with van der Waals surface area (Å²) in [5, 5.41) is 12.3. The highest BCUT2D eigenvalue weighted by atomic mass is 16.5. The van der Waals surface area contributed by atoms with Crippen molar-refractivity contribution >= 4 is 17.8 Å². The normalized spacial score (nSPS) is 9.47. The zero-order valence-corrected chi connectivity index (χ0v) is 8.35. The Bertz CT molecular complexity index is 329. The van der Waals surface area contributed by atoms with Gasteiger partial charge in [-0.25, -0.2) is 4.79 Å². The lowest BCUT2D eigenvalue weighted by molar-refractivity contribution is -0.121. The third-order valence-electron chi connectivity index (χ3n) is 1.52. The minimum absolute atomic E-state index is 0.000642. The van der Waals surface area contributed by atoms with Crippen LogP contribution in [0.2, 0.25) is 0 Å². The quantitative estimate of drug-likeness (QED) is 0.685. The van der Waals surface area contributed by atoms with E-state index in [1.807, 2.05) is 0 Å². The predicted molar refractivity (Wildman–Crippen MR) is 50.1 cm³/mol. The summed E-state index contributed by atoms with van der Waals surface area (Å²) in [6, 6.07) is 0. The zero-order valence-electron chi connectivity index (χ0n) is 8.35. The molecule has 0 radical (unpaired) electrons. The molecule has 0 saturated carbocycles. The number of hydrogen-bond donors (Lipinski definition) is 2. The molecule has 0 aliphatic heterocycles. The number of anilines is 1. The van der Waals surface area contributed by atoms with Crippen molar-refractivity contribution in [3.05, 3.63) is 6.20 Å². The molecule has 0 saturated heterocycles. The van der Waals surface area contributed by atoms with Crippen molar-refractivity contribution in [2.45, 2.75) is 6.54 Å². The van der Waals surface area contributed by atoms with Crippen LogP contribution < -0.4 is 10.6 Å². The molecule has 1 aromatic heterocycles. The van der Waals surface area contributed by atoms with Gasteiger partial charge in [-0.15, -0.1) is 5.10 Å². The van der Waals surface area contributed by atoms with E-state index in [1.165, 1.54) is 20.4 Å². The molecular weight excluding hydrogens is 202 g/mol. The fourth-order valence-corrected chi connectivity index (χ4v) is 0.794. The van der Waals surface area contributed by atoms with E-state index in [-0.39, 0.29) is 18.3 Å². The highest BCUT2D eigenvalue weighted by Crippen LogP contribution is 1.98. The summed E-state index contributed by atoms with van der Waals surface area (Å²) in [5.41, 5.74) is 0. The second-order valence-corrected chi connectivity index (χ2v) is 2.55. The molecule has 0 aliphatic carbocycles. The van der Waals surface area contributed by atoms with E-state index in [4.69, 9.17) is 0 Å². The summed E-state index contributed by atoms with van der Waals surface area (Å²) in [6.07, 6.45) is 0.682. The fourth-order valence-electron chi connectivity index (χ4n) is 0.794. The molecular formula is C7H11N5O3. The molecule has 8 heteroatoms. The number of rotatable bonds is 3. The van der Waals surface area contributed by atoms with Crippen LogP contribution in [0.5, 0.6) is 0 Å². The van der Waals surface area contributed by atoms with E-state index in [9.17, 15) is 9.59 Å². The highest BCUT2D eigenvalue weighted by molar-refractivity contribution is 5.82. The molecule has 1 heterocycles. The molecule has 0 aliphatic rings. The minimum Gasteiger partial charge on any atom is -0.453 e. The average molecular weight is 213 g/mol. The van der Waals surface area contributed by atoms with E-state index in [0.717, 1.165) is 4.80 Å². The van der Waals surface area contributed by atoms with Gasteiger partial charge in [0.1, 0.15) is 6.54 Å². The van der Waals surface area contributed by atoms with Crippen LogP contribution in [0.15, 0.2) is 6.20 Å². The standard InChI is InChI=1S/C7H11N5O3/c1-8-6(13)4-12-9-3-5(11-12)10-7(14)15-2/h3H,4H2,1-2H3,(H,8,13)(H,10,11,14). The molecule has 2 N–H and O–H groups in total. The van der Waals surface area contributed by atoms with Gasteiger partial charge in [0.15, 0.2) is 5.82 Å². The van der Waals surface area contributed by atoms with Crippen molar-refractivity contribution in [3.8, 4) is 0 Å². The second-order valence-electron chi connectivity index (χ2n) is 2.55. The first-order valence-electron chi connectivity index (χ1n) is 4.11. The average Bonchev–Trinajstić information content (AvgIpc) is 2.65. The van der Waals surface area contributed by atoms with Crippen molar-refractivity contribution in [2.75, 3.05) is 19.5 Å². The molecule has 82 valence electrons. The Morgan fingerprint density at radius 3 is 2.93 bits per heavy atom. The predicted octanol–water partition coefficient (Wildman–Crippen LogP) is -0.798. The first-order chi connectivity index (χ1) is 7.15. The summed E-state index contributed by atoms with van der Waals surface area (Å²) in [4.78, 5) is 22.9. The monoisotopic (exact) mass is 213 g/mol. The van der Waals surface area contributed by atoms with E-state index in [2.05, 4.69) is 25.6 Å². The minimum atomic E-state index is -0.637. The van der Waals surface area contributed by atoms with E-state index in [1.54, 1.807) is 0 Å². The summed E-state index contributed by atoms with van der Waals surface area (Å²) < 4.78 is 4.36. The van der Waals surface area contributed by atoms with Gasteiger partial charge >= 0.3 is 6.09 Å². The maximum atomic E-state index is 10.9. The summed E-state index contributed by atoms with van der Waals surface area (Å²) in [5.74, 6) is 0.000899. The van der Waals surface area contributed by atoms with E-state index < -0.39 is 6.09 Å². The summed E-state index contributed by atoms with van der Waals surface area (Å²) in [6.45, 7) is -0.000642. The summed E-state index contributed by atoms with van der Waals surface area (Å²) in [7, 11) is 2.75. The van der Waals surface area contributed by atoms with Gasteiger partial charge in [-0.05, 0) is 0 Å². The maximum Gasteiger partial charge on any atom is 0.412 e. The van der Waals surface area contributed by atoms with E-state index in [0.29, 0.717) is 0 Å². The molecule has 0 spiro atoms. The van der Waals surface area contributed by atoms with Gasteiger partial charge < -0.3 is 10.1 Å². The zero-order chi connectivity index (χ0) is 11.3. The van der Waals surface area contributed by atoms with Gasteiger partial charge in [-0.2, -0.15) is 9.90 Å². The molecule has 0 fully saturated rings. The molecule has 2 amide bonds. The van der Waals surface area contributed by atoms with Gasteiger partial charge in [0.25, 0.3) is 0 Å². The Labute approximate surface area is 85.6 Å². The third kappa shape index (κ3) is 3.25. The Morgan fingerprint density at radius 1 is 1.60 bits per heavy atom. The Balaban J connectivity index is 2.56. The lowest BCUT2D eigenvalue weighted by Gasteiger charge is -1.98. The number of likely N-dealkylation sites (N-methyl/N-ethyl adjacent to an activating group) is 1. The lowest BCUT2D eigenvalue weighted by atomic mass is 10.6. The number of carbonyl (C=O) groups is 2. The van der Waals surface area contributed by atoms with Gasteiger partial charge in [0.2, 0.25) is 5.91 Å². The molecule has 8 nitrogen and oxygen atoms in total. The number of amides is 2. The number of ether oxygens (including phenoxy) is 1. The molecule has 15 heavy (non-hydrogen) atoms. The van der Waals surface area contributed by atoms with Crippen LogP contribution in [-0.2, 0) is 16.1 Å². The van der Waals surface area contributed by atoms with E-state index >= 15 is 0 Å². The number of nitrogens with one attached hydrogen (secondary N) is 2. The third-order valence-corrected chi connectivity index (χ3v) is 1.52.